The van der Waals surface area contributed by atoms with E-state index in [0.717, 1.165) is 38.9 Å². The van der Waals surface area contributed by atoms with Gasteiger partial charge < -0.3 is 19.6 Å². The van der Waals surface area contributed by atoms with Gasteiger partial charge in [-0.05, 0) is 60.9 Å². The smallest absolute Gasteiger partial charge is 0.0564 e. The molecule has 1 aliphatic heterocycles. The highest BCUT2D eigenvalue weighted by atomic mass is 16.5. The lowest BCUT2D eigenvalue weighted by atomic mass is 10.1. The van der Waals surface area contributed by atoms with Gasteiger partial charge in [-0.1, -0.05) is 0 Å². The second-order valence-corrected chi connectivity index (χ2v) is 6.77. The number of likely N-dealkylation sites (tertiary alicyclic amines) is 1. The molecule has 0 amide bonds. The summed E-state index contributed by atoms with van der Waals surface area (Å²) in [5, 5.41) is 9.18. The van der Waals surface area contributed by atoms with Crippen LogP contribution in [0.2, 0.25) is 0 Å². The molecule has 0 bridgehead atoms. The van der Waals surface area contributed by atoms with Crippen LogP contribution in [0, 0.1) is 0 Å². The molecular weight excluding hydrogens is 264 g/mol. The fraction of sp³-hybridized carbons (Fsp3) is 1.00. The van der Waals surface area contributed by atoms with E-state index in [1.165, 1.54) is 0 Å². The zero-order chi connectivity index (χ0) is 16.4. The third kappa shape index (κ3) is 10.2. The average Bonchev–Trinajstić information content (AvgIpc) is 2.45. The molecule has 1 saturated heterocycles. The van der Waals surface area contributed by atoms with E-state index in [1.807, 2.05) is 0 Å². The molecule has 0 spiro atoms. The Balaban J connectivity index is 0.000000382. The number of rotatable bonds is 6. The minimum absolute atomic E-state index is 0.0324. The molecule has 0 aromatic carbocycles. The van der Waals surface area contributed by atoms with Gasteiger partial charge in [0.2, 0.25) is 0 Å². The Kier molecular flexibility index (Phi) is 11.3. The molecule has 1 rings (SSSR count). The van der Waals surface area contributed by atoms with Crippen LogP contribution >= 0.6 is 0 Å². The van der Waals surface area contributed by atoms with Gasteiger partial charge in [0.25, 0.3) is 0 Å². The molecule has 1 atom stereocenters. The molecule has 0 aromatic rings. The zero-order valence-electron chi connectivity index (χ0n) is 15.3. The summed E-state index contributed by atoms with van der Waals surface area (Å²) < 4.78 is 5.15. The number of nitrogens with zero attached hydrogens (tertiary/aromatic N) is 2. The van der Waals surface area contributed by atoms with Gasteiger partial charge >= 0.3 is 0 Å². The van der Waals surface area contributed by atoms with Gasteiger partial charge in [-0.25, -0.2) is 0 Å². The van der Waals surface area contributed by atoms with E-state index in [4.69, 9.17) is 4.74 Å². The number of hydrogen-bond acceptors (Lipinski definition) is 4. The van der Waals surface area contributed by atoms with Crippen molar-refractivity contribution < 1.29 is 9.84 Å². The van der Waals surface area contributed by atoms with Crippen LogP contribution in [0.4, 0.5) is 0 Å². The number of aliphatic hydroxyl groups excluding tert-OH is 1. The Hall–Kier alpha value is -0.160. The minimum Gasteiger partial charge on any atom is -0.393 e. The second kappa shape index (κ2) is 11.4. The highest BCUT2D eigenvalue weighted by Crippen LogP contribution is 2.11. The molecule has 1 heterocycles. The fourth-order valence-corrected chi connectivity index (χ4v) is 2.16. The van der Waals surface area contributed by atoms with Gasteiger partial charge in [0.1, 0.15) is 0 Å². The quantitative estimate of drug-likeness (QED) is 0.818. The van der Waals surface area contributed by atoms with Crippen LogP contribution in [0.5, 0.6) is 0 Å². The minimum atomic E-state index is -0.0324. The summed E-state index contributed by atoms with van der Waals surface area (Å²) in [4.78, 5) is 4.74. The lowest BCUT2D eigenvalue weighted by molar-refractivity contribution is 0.0685. The third-order valence-corrected chi connectivity index (χ3v) is 4.40. The summed E-state index contributed by atoms with van der Waals surface area (Å²) >= 11 is 0. The summed E-state index contributed by atoms with van der Waals surface area (Å²) in [5.41, 5.74) is 0. The molecule has 1 fully saturated rings. The first-order valence-electron chi connectivity index (χ1n) is 8.43. The second-order valence-electron chi connectivity index (χ2n) is 6.77. The highest BCUT2D eigenvalue weighted by Gasteiger charge is 2.18. The van der Waals surface area contributed by atoms with Crippen molar-refractivity contribution in [2.24, 2.45) is 0 Å². The molecule has 21 heavy (non-hydrogen) atoms. The van der Waals surface area contributed by atoms with Gasteiger partial charge in [-0.3, -0.25) is 0 Å². The van der Waals surface area contributed by atoms with Crippen molar-refractivity contribution >= 4 is 0 Å². The van der Waals surface area contributed by atoms with Crippen LogP contribution in [0.1, 0.15) is 53.9 Å². The van der Waals surface area contributed by atoms with Gasteiger partial charge in [-0.2, -0.15) is 0 Å². The van der Waals surface area contributed by atoms with Crippen molar-refractivity contribution in [3.63, 3.8) is 0 Å². The summed E-state index contributed by atoms with van der Waals surface area (Å²) in [6.45, 7) is 14.2. The van der Waals surface area contributed by atoms with E-state index in [2.05, 4.69) is 51.5 Å². The molecule has 1 unspecified atom stereocenters. The Bertz CT molecular complexity index is 239. The van der Waals surface area contributed by atoms with Crippen molar-refractivity contribution in [2.75, 3.05) is 33.8 Å². The molecule has 1 N–H and O–H groups in total. The molecular formula is C17H38N2O2. The van der Waals surface area contributed by atoms with E-state index < -0.39 is 0 Å². The first kappa shape index (κ1) is 20.8. The number of hydrogen-bond donors (Lipinski definition) is 1. The Morgan fingerprint density at radius 3 is 2.05 bits per heavy atom. The number of methoxy groups -OCH3 is 1. The maximum atomic E-state index is 9.18. The monoisotopic (exact) mass is 302 g/mol. The van der Waals surface area contributed by atoms with Crippen LogP contribution < -0.4 is 0 Å². The van der Waals surface area contributed by atoms with E-state index in [-0.39, 0.29) is 6.10 Å². The normalized spacial score (nSPS) is 19.0. The van der Waals surface area contributed by atoms with E-state index in [1.54, 1.807) is 7.11 Å². The van der Waals surface area contributed by atoms with Crippen LogP contribution in [-0.2, 0) is 4.74 Å². The molecule has 0 aliphatic carbocycles. The standard InChI is InChI=1S/C9H21NO.C8H17NO/c1-8(2)10(4)7-6-9(3)11-5;1-7(2)9-5-3-8(10)4-6-9/h8-9H,6-7H2,1-5H3;7-8,10H,3-6H2,1-2H3. The lowest BCUT2D eigenvalue weighted by Crippen LogP contribution is -2.39. The third-order valence-electron chi connectivity index (χ3n) is 4.40. The van der Waals surface area contributed by atoms with Crippen LogP contribution in [0.25, 0.3) is 0 Å². The van der Waals surface area contributed by atoms with Crippen molar-refractivity contribution in [2.45, 2.75) is 78.2 Å². The van der Waals surface area contributed by atoms with E-state index >= 15 is 0 Å². The van der Waals surface area contributed by atoms with Crippen molar-refractivity contribution in [3.8, 4) is 0 Å². The maximum absolute atomic E-state index is 9.18. The zero-order valence-corrected chi connectivity index (χ0v) is 15.3. The van der Waals surface area contributed by atoms with Crippen LogP contribution in [0.15, 0.2) is 0 Å². The molecule has 0 radical (unpaired) electrons. The first-order valence-corrected chi connectivity index (χ1v) is 8.43. The molecule has 4 heteroatoms. The molecule has 128 valence electrons. The van der Waals surface area contributed by atoms with Crippen LogP contribution in [-0.4, -0.2) is 73.0 Å². The predicted octanol–water partition coefficient (Wildman–Crippen LogP) is 2.60. The van der Waals surface area contributed by atoms with Gasteiger partial charge in [0, 0.05) is 38.8 Å². The lowest BCUT2D eigenvalue weighted by Gasteiger charge is -2.32. The Labute approximate surface area is 132 Å². The largest absolute Gasteiger partial charge is 0.393 e. The van der Waals surface area contributed by atoms with Crippen molar-refractivity contribution in [1.29, 1.82) is 0 Å². The predicted molar refractivity (Wildman–Crippen MR) is 90.8 cm³/mol. The van der Waals surface area contributed by atoms with Gasteiger partial charge in [0.05, 0.1) is 12.2 Å². The average molecular weight is 303 g/mol. The van der Waals surface area contributed by atoms with E-state index in [9.17, 15) is 5.11 Å². The first-order chi connectivity index (χ1) is 9.77. The van der Waals surface area contributed by atoms with Crippen molar-refractivity contribution in [3.05, 3.63) is 0 Å². The number of ether oxygens (including phenoxy) is 1. The van der Waals surface area contributed by atoms with E-state index in [0.29, 0.717) is 18.2 Å². The summed E-state index contributed by atoms with van der Waals surface area (Å²) in [5.74, 6) is 0. The van der Waals surface area contributed by atoms with Gasteiger partial charge in [0.15, 0.2) is 0 Å². The summed E-state index contributed by atoms with van der Waals surface area (Å²) in [6.07, 6.45) is 3.38. The SMILES string of the molecule is CC(C)N1CCC(O)CC1.COC(C)CCN(C)C(C)C. The number of piperidine rings is 1. The number of aliphatic hydroxyl groups is 1. The molecule has 0 aromatic heterocycles. The fourth-order valence-electron chi connectivity index (χ4n) is 2.16. The topological polar surface area (TPSA) is 35.9 Å². The molecule has 4 nitrogen and oxygen atoms in total. The maximum Gasteiger partial charge on any atom is 0.0564 e. The van der Waals surface area contributed by atoms with Crippen LogP contribution in [0.3, 0.4) is 0 Å². The van der Waals surface area contributed by atoms with Gasteiger partial charge in [-0.15, -0.1) is 0 Å². The Morgan fingerprint density at radius 2 is 1.67 bits per heavy atom. The Morgan fingerprint density at radius 1 is 1.14 bits per heavy atom. The summed E-state index contributed by atoms with van der Waals surface area (Å²) in [7, 11) is 3.91. The highest BCUT2D eigenvalue weighted by molar-refractivity contribution is 4.72. The molecule has 0 saturated carbocycles. The summed E-state index contributed by atoms with van der Waals surface area (Å²) in [6, 6.07) is 1.28. The van der Waals surface area contributed by atoms with Crippen molar-refractivity contribution in [1.82, 2.24) is 9.80 Å². The molecule has 1 aliphatic rings.